The maximum atomic E-state index is 12.5. The number of sulfone groups is 1. The van der Waals surface area contributed by atoms with Crippen LogP contribution in [-0.4, -0.2) is 20.1 Å². The summed E-state index contributed by atoms with van der Waals surface area (Å²) in [5, 5.41) is 2.07. The van der Waals surface area contributed by atoms with Crippen molar-refractivity contribution in [1.82, 2.24) is 5.43 Å². The van der Waals surface area contributed by atoms with Gasteiger partial charge in [0.1, 0.15) is 5.75 Å². The molecule has 5 nitrogen and oxygen atoms in total. The van der Waals surface area contributed by atoms with Crippen molar-refractivity contribution < 1.29 is 13.2 Å². The highest BCUT2D eigenvalue weighted by atomic mass is 35.5. The van der Waals surface area contributed by atoms with E-state index in [-0.39, 0.29) is 4.90 Å². The zero-order valence-corrected chi connectivity index (χ0v) is 16.5. The molecule has 28 heavy (non-hydrogen) atoms. The lowest BCUT2D eigenvalue weighted by Gasteiger charge is -2.25. The number of rotatable bonds is 7. The summed E-state index contributed by atoms with van der Waals surface area (Å²) >= 11 is 5.80. The summed E-state index contributed by atoms with van der Waals surface area (Å²) in [6.45, 7) is 0.400. The third kappa shape index (κ3) is 5.34. The Balaban J connectivity index is 1.76. The Morgan fingerprint density at radius 1 is 0.857 bits per heavy atom. The summed E-state index contributed by atoms with van der Waals surface area (Å²) in [5.41, 5.74) is 4.44. The molecule has 0 saturated heterocycles. The van der Waals surface area contributed by atoms with Gasteiger partial charge < -0.3 is 0 Å². The number of hydrogen-bond donors (Lipinski definition) is 1. The minimum absolute atomic E-state index is 0.0568. The summed E-state index contributed by atoms with van der Waals surface area (Å²) < 4.78 is 25.0. The minimum atomic E-state index is -3.77. The van der Waals surface area contributed by atoms with E-state index in [1.54, 1.807) is 5.01 Å². The largest absolute Gasteiger partial charge is 0.281 e. The molecule has 0 fully saturated rings. The monoisotopic (exact) mass is 414 g/mol. The number of hydrazine groups is 1. The van der Waals surface area contributed by atoms with Crippen LogP contribution < -0.4 is 10.4 Å². The first kappa shape index (κ1) is 19.9. The van der Waals surface area contributed by atoms with Crippen LogP contribution in [0, 0.1) is 0 Å². The number of amides is 1. The van der Waals surface area contributed by atoms with Crippen LogP contribution in [0.4, 0.5) is 5.69 Å². The van der Waals surface area contributed by atoms with Crippen molar-refractivity contribution in [3.63, 3.8) is 0 Å². The van der Waals surface area contributed by atoms with Crippen LogP contribution in [0.2, 0.25) is 5.02 Å². The molecule has 0 aliphatic rings. The van der Waals surface area contributed by atoms with Crippen molar-refractivity contribution in [3.05, 3.63) is 95.5 Å². The van der Waals surface area contributed by atoms with Crippen LogP contribution >= 0.6 is 11.6 Å². The second-order valence-corrected chi connectivity index (χ2v) is 8.58. The van der Waals surface area contributed by atoms with Crippen molar-refractivity contribution in [2.24, 2.45) is 0 Å². The molecule has 0 heterocycles. The molecule has 0 unspecified atom stereocenters. The van der Waals surface area contributed by atoms with E-state index in [1.807, 2.05) is 60.7 Å². The van der Waals surface area contributed by atoms with Crippen LogP contribution in [0.3, 0.4) is 0 Å². The molecule has 0 atom stereocenters. The van der Waals surface area contributed by atoms with Crippen molar-refractivity contribution in [2.75, 3.05) is 10.8 Å². The van der Waals surface area contributed by atoms with Gasteiger partial charge in [0, 0.05) is 5.02 Å². The Morgan fingerprint density at radius 2 is 1.43 bits per heavy atom. The molecule has 0 aliphatic carbocycles. The number of halogens is 1. The summed E-state index contributed by atoms with van der Waals surface area (Å²) in [6, 6.07) is 24.6. The van der Waals surface area contributed by atoms with Gasteiger partial charge in [-0.05, 0) is 42.0 Å². The molecule has 0 radical (unpaired) electrons. The average Bonchev–Trinajstić information content (AvgIpc) is 2.69. The predicted molar refractivity (Wildman–Crippen MR) is 111 cm³/mol. The van der Waals surface area contributed by atoms with Gasteiger partial charge in [0.25, 0.3) is 5.91 Å². The summed E-state index contributed by atoms with van der Waals surface area (Å²) in [6.07, 6.45) is 0. The van der Waals surface area contributed by atoms with Gasteiger partial charge in [0.15, 0.2) is 9.84 Å². The SMILES string of the molecule is O=C(CS(=O)(=O)c1ccc(Cl)cc1)NN(Cc1ccccc1)c1ccccc1. The Labute approximate surface area is 169 Å². The van der Waals surface area contributed by atoms with Gasteiger partial charge in [0.05, 0.1) is 17.1 Å². The minimum Gasteiger partial charge on any atom is -0.281 e. The second kappa shape index (κ2) is 8.91. The molecule has 0 saturated carbocycles. The first-order valence-electron chi connectivity index (χ1n) is 8.58. The molecule has 0 bridgehead atoms. The van der Waals surface area contributed by atoms with Gasteiger partial charge in [-0.15, -0.1) is 0 Å². The van der Waals surface area contributed by atoms with Crippen molar-refractivity contribution in [3.8, 4) is 0 Å². The van der Waals surface area contributed by atoms with Gasteiger partial charge >= 0.3 is 0 Å². The zero-order valence-electron chi connectivity index (χ0n) is 15.0. The van der Waals surface area contributed by atoms with E-state index in [1.165, 1.54) is 24.3 Å². The van der Waals surface area contributed by atoms with Crippen LogP contribution in [0.5, 0.6) is 0 Å². The van der Waals surface area contributed by atoms with E-state index in [2.05, 4.69) is 5.43 Å². The lowest BCUT2D eigenvalue weighted by molar-refractivity contribution is -0.118. The zero-order chi connectivity index (χ0) is 20.0. The Morgan fingerprint density at radius 3 is 2.04 bits per heavy atom. The number of carbonyl (C=O) groups is 1. The Bertz CT molecular complexity index is 1020. The lowest BCUT2D eigenvalue weighted by atomic mass is 10.2. The maximum absolute atomic E-state index is 12.5. The van der Waals surface area contributed by atoms with E-state index in [4.69, 9.17) is 11.6 Å². The fourth-order valence-electron chi connectivity index (χ4n) is 2.65. The highest BCUT2D eigenvalue weighted by Crippen LogP contribution is 2.17. The number of nitrogens with zero attached hydrogens (tertiary/aromatic N) is 1. The Hall–Kier alpha value is -2.83. The van der Waals surface area contributed by atoms with Crippen LogP contribution in [0.15, 0.2) is 89.8 Å². The molecule has 1 amide bonds. The highest BCUT2D eigenvalue weighted by molar-refractivity contribution is 7.92. The molecule has 7 heteroatoms. The maximum Gasteiger partial charge on any atom is 0.254 e. The van der Waals surface area contributed by atoms with Gasteiger partial charge in [-0.3, -0.25) is 15.2 Å². The van der Waals surface area contributed by atoms with Gasteiger partial charge in [0.2, 0.25) is 0 Å². The number of benzene rings is 3. The van der Waals surface area contributed by atoms with Crippen molar-refractivity contribution >= 4 is 33.0 Å². The first-order valence-corrected chi connectivity index (χ1v) is 10.6. The first-order chi connectivity index (χ1) is 13.4. The van der Waals surface area contributed by atoms with Crippen LogP contribution in [0.25, 0.3) is 0 Å². The number of para-hydroxylation sites is 1. The summed E-state index contributed by atoms with van der Waals surface area (Å²) in [7, 11) is -3.77. The topological polar surface area (TPSA) is 66.5 Å². The fourth-order valence-corrected chi connectivity index (χ4v) is 3.90. The number of nitrogens with one attached hydrogen (secondary N) is 1. The number of hydrogen-bond acceptors (Lipinski definition) is 4. The van der Waals surface area contributed by atoms with Crippen molar-refractivity contribution in [1.29, 1.82) is 0 Å². The van der Waals surface area contributed by atoms with Gasteiger partial charge in [-0.25, -0.2) is 8.42 Å². The normalized spacial score (nSPS) is 11.0. The standard InChI is InChI=1S/C21H19ClN2O3S/c22-18-11-13-20(14-12-18)28(26,27)16-21(25)23-24(19-9-5-2-6-10-19)15-17-7-3-1-4-8-17/h1-14H,15-16H2,(H,23,25). The van der Waals surface area contributed by atoms with E-state index in [9.17, 15) is 13.2 Å². The highest BCUT2D eigenvalue weighted by Gasteiger charge is 2.21. The van der Waals surface area contributed by atoms with Gasteiger partial charge in [-0.2, -0.15) is 0 Å². The van der Waals surface area contributed by atoms with Crippen LogP contribution in [0.1, 0.15) is 5.56 Å². The number of anilines is 1. The molecule has 1 N–H and O–H groups in total. The number of carbonyl (C=O) groups excluding carboxylic acids is 1. The third-order valence-electron chi connectivity index (χ3n) is 4.00. The lowest BCUT2D eigenvalue weighted by Crippen LogP contribution is -2.44. The second-order valence-electron chi connectivity index (χ2n) is 6.16. The van der Waals surface area contributed by atoms with Gasteiger partial charge in [-0.1, -0.05) is 60.1 Å². The molecule has 0 aliphatic heterocycles. The molecular weight excluding hydrogens is 396 g/mol. The van der Waals surface area contributed by atoms with Crippen molar-refractivity contribution in [2.45, 2.75) is 11.4 Å². The molecule has 3 aromatic carbocycles. The third-order valence-corrected chi connectivity index (χ3v) is 5.89. The fraction of sp³-hybridized carbons (Fsp3) is 0.0952. The quantitative estimate of drug-likeness (QED) is 0.596. The predicted octanol–water partition coefficient (Wildman–Crippen LogP) is 3.85. The molecule has 3 rings (SSSR count). The van der Waals surface area contributed by atoms with Crippen LogP contribution in [-0.2, 0) is 21.2 Å². The van der Waals surface area contributed by atoms with E-state index >= 15 is 0 Å². The summed E-state index contributed by atoms with van der Waals surface area (Å²) in [4.78, 5) is 12.6. The van der Waals surface area contributed by atoms with E-state index in [0.29, 0.717) is 11.6 Å². The molecule has 3 aromatic rings. The average molecular weight is 415 g/mol. The smallest absolute Gasteiger partial charge is 0.254 e. The molecule has 0 aromatic heterocycles. The van der Waals surface area contributed by atoms with E-state index < -0.39 is 21.5 Å². The van der Waals surface area contributed by atoms with E-state index in [0.717, 1.165) is 11.3 Å². The Kier molecular flexibility index (Phi) is 6.34. The summed E-state index contributed by atoms with van der Waals surface area (Å²) in [5.74, 6) is -1.28. The molecule has 0 spiro atoms. The molecule has 144 valence electrons. The molecular formula is C21H19ClN2O3S.